The zero-order valence-corrected chi connectivity index (χ0v) is 16.7. The van der Waals surface area contributed by atoms with E-state index in [1.54, 1.807) is 0 Å². The molecule has 0 aliphatic heterocycles. The number of rotatable bonds is 15. The van der Waals surface area contributed by atoms with Gasteiger partial charge < -0.3 is 3.79 Å². The Morgan fingerprint density at radius 1 is 0.762 bits per heavy atom. The summed E-state index contributed by atoms with van der Waals surface area (Å²) in [7, 11) is 0. The predicted octanol–water partition coefficient (Wildman–Crippen LogP) is 5.84. The molecule has 0 amide bonds. The number of hydrogen-bond donors (Lipinski definition) is 0. The maximum atomic E-state index is 6.52. The van der Waals surface area contributed by atoms with Crippen molar-refractivity contribution >= 4 is 14.5 Å². The monoisotopic (exact) mass is 313 g/mol. The molecule has 0 fully saturated rings. The van der Waals surface area contributed by atoms with E-state index in [-0.39, 0.29) is 0 Å². The highest BCUT2D eigenvalue weighted by Gasteiger charge is 2.23. The lowest BCUT2D eigenvalue weighted by atomic mass is 10.2. The Labute approximate surface area is 139 Å². The van der Waals surface area contributed by atoms with E-state index in [4.69, 9.17) is 3.79 Å². The third-order valence-corrected chi connectivity index (χ3v) is 7.36. The molecule has 0 aliphatic rings. The molecular weight excluding hydrogens is 273 g/mol. The van der Waals surface area contributed by atoms with Crippen molar-refractivity contribution in [2.24, 2.45) is 0 Å². The molecule has 1 atom stereocenters. The Balaban J connectivity index is 4.14. The summed E-state index contributed by atoms with van der Waals surface area (Å²) in [6.45, 7) is 13.5. The van der Waals surface area contributed by atoms with E-state index in [1.165, 1.54) is 61.9 Å². The SMILES string of the molecule is CCCCC[CH2][Al]([CH2]CCCCC)[O]C(C)N(CC)CC. The summed E-state index contributed by atoms with van der Waals surface area (Å²) in [4.78, 5) is 2.44. The summed E-state index contributed by atoms with van der Waals surface area (Å²) >= 11 is -1.00. The fourth-order valence-electron chi connectivity index (χ4n) is 2.98. The Bertz CT molecular complexity index is 197. The van der Waals surface area contributed by atoms with Gasteiger partial charge in [-0.2, -0.15) is 0 Å². The van der Waals surface area contributed by atoms with Crippen LogP contribution in [-0.2, 0) is 3.79 Å². The maximum Gasteiger partial charge on any atom is 0.461 e. The quantitative estimate of drug-likeness (QED) is 0.214. The number of unbranched alkanes of at least 4 members (excludes halogenated alkanes) is 6. The molecule has 0 spiro atoms. The molecule has 0 aliphatic carbocycles. The molecule has 0 saturated carbocycles. The second-order valence-corrected chi connectivity index (χ2v) is 8.95. The van der Waals surface area contributed by atoms with Crippen molar-refractivity contribution < 1.29 is 3.79 Å². The van der Waals surface area contributed by atoms with Crippen LogP contribution in [0.5, 0.6) is 0 Å². The molecule has 0 aromatic carbocycles. The Kier molecular flexibility index (Phi) is 15.7. The van der Waals surface area contributed by atoms with E-state index >= 15 is 0 Å². The molecule has 0 saturated heterocycles. The van der Waals surface area contributed by atoms with E-state index in [0.717, 1.165) is 13.1 Å². The van der Waals surface area contributed by atoms with Crippen LogP contribution in [0.2, 0.25) is 10.6 Å². The van der Waals surface area contributed by atoms with Gasteiger partial charge in [0.05, 0.1) is 6.23 Å². The van der Waals surface area contributed by atoms with Crippen LogP contribution in [-0.4, -0.2) is 38.7 Å². The fraction of sp³-hybridized carbons (Fsp3) is 1.00. The third kappa shape index (κ3) is 11.6. The summed E-state index contributed by atoms with van der Waals surface area (Å²) in [5.41, 5.74) is 0. The van der Waals surface area contributed by atoms with Gasteiger partial charge >= 0.3 is 14.5 Å². The van der Waals surface area contributed by atoms with Gasteiger partial charge in [0.25, 0.3) is 0 Å². The van der Waals surface area contributed by atoms with Gasteiger partial charge in [-0.05, 0) is 20.0 Å². The molecule has 0 rings (SSSR count). The van der Waals surface area contributed by atoms with Crippen LogP contribution in [0.4, 0.5) is 0 Å². The first-order chi connectivity index (χ1) is 10.2. The molecule has 0 bridgehead atoms. The van der Waals surface area contributed by atoms with Crippen molar-refractivity contribution in [1.82, 2.24) is 4.90 Å². The molecule has 2 nitrogen and oxygen atoms in total. The van der Waals surface area contributed by atoms with Crippen molar-refractivity contribution in [2.75, 3.05) is 13.1 Å². The van der Waals surface area contributed by atoms with Gasteiger partial charge in [0.2, 0.25) is 0 Å². The van der Waals surface area contributed by atoms with E-state index in [2.05, 4.69) is 39.5 Å². The van der Waals surface area contributed by atoms with Crippen molar-refractivity contribution in [3.63, 3.8) is 0 Å². The van der Waals surface area contributed by atoms with Crippen LogP contribution in [0.1, 0.15) is 86.0 Å². The van der Waals surface area contributed by atoms with Crippen molar-refractivity contribution in [2.45, 2.75) is 103 Å². The number of hydrogen-bond acceptors (Lipinski definition) is 2. The molecule has 3 heteroatoms. The minimum absolute atomic E-state index is 0.328. The smallest absolute Gasteiger partial charge is 0.461 e. The van der Waals surface area contributed by atoms with Crippen LogP contribution in [0, 0.1) is 0 Å². The van der Waals surface area contributed by atoms with Gasteiger partial charge in [0.1, 0.15) is 0 Å². The summed E-state index contributed by atoms with van der Waals surface area (Å²) in [6.07, 6.45) is 11.4. The van der Waals surface area contributed by atoms with Crippen LogP contribution in [0.3, 0.4) is 0 Å². The lowest BCUT2D eigenvalue weighted by Crippen LogP contribution is -2.38. The van der Waals surface area contributed by atoms with Crippen molar-refractivity contribution in [3.05, 3.63) is 0 Å². The summed E-state index contributed by atoms with van der Waals surface area (Å²) in [6, 6.07) is 0. The first-order valence-corrected chi connectivity index (χ1v) is 11.7. The van der Waals surface area contributed by atoms with Gasteiger partial charge in [-0.15, -0.1) is 0 Å². The van der Waals surface area contributed by atoms with Crippen LogP contribution >= 0.6 is 0 Å². The average molecular weight is 314 g/mol. The van der Waals surface area contributed by atoms with E-state index in [9.17, 15) is 0 Å². The molecule has 0 N–H and O–H groups in total. The average Bonchev–Trinajstić information content (AvgIpc) is 2.49. The first kappa shape index (κ1) is 21.5. The molecule has 0 aromatic rings. The molecule has 0 radical (unpaired) electrons. The minimum atomic E-state index is -1.00. The second-order valence-electron chi connectivity index (χ2n) is 6.28. The van der Waals surface area contributed by atoms with Crippen LogP contribution in [0.15, 0.2) is 0 Å². The maximum absolute atomic E-state index is 6.52. The van der Waals surface area contributed by atoms with E-state index in [1.807, 2.05) is 0 Å². The second kappa shape index (κ2) is 15.4. The Hall–Kier alpha value is 0.452. The van der Waals surface area contributed by atoms with E-state index < -0.39 is 14.5 Å². The van der Waals surface area contributed by atoms with Crippen LogP contribution in [0.25, 0.3) is 0 Å². The molecule has 126 valence electrons. The van der Waals surface area contributed by atoms with Gasteiger partial charge in [0.15, 0.2) is 0 Å². The summed E-state index contributed by atoms with van der Waals surface area (Å²) < 4.78 is 6.52. The molecular formula is C18H40AlNO. The largest absolute Gasteiger partial charge is 0.487 e. The predicted molar refractivity (Wildman–Crippen MR) is 97.1 cm³/mol. The molecule has 21 heavy (non-hydrogen) atoms. The topological polar surface area (TPSA) is 12.5 Å². The van der Waals surface area contributed by atoms with Crippen molar-refractivity contribution in [3.8, 4) is 0 Å². The minimum Gasteiger partial charge on any atom is -0.487 e. The lowest BCUT2D eigenvalue weighted by molar-refractivity contribution is 0.0448. The first-order valence-electron chi connectivity index (χ1n) is 9.58. The normalized spacial score (nSPS) is 12.9. The highest BCUT2D eigenvalue weighted by atomic mass is 27.2. The van der Waals surface area contributed by atoms with E-state index in [0.29, 0.717) is 6.23 Å². The number of nitrogens with zero attached hydrogens (tertiary/aromatic N) is 1. The Morgan fingerprint density at radius 3 is 1.62 bits per heavy atom. The van der Waals surface area contributed by atoms with Gasteiger partial charge in [-0.3, -0.25) is 4.90 Å². The van der Waals surface area contributed by atoms with Crippen molar-refractivity contribution in [1.29, 1.82) is 0 Å². The summed E-state index contributed by atoms with van der Waals surface area (Å²) in [5.74, 6) is 0. The van der Waals surface area contributed by atoms with Crippen LogP contribution < -0.4 is 0 Å². The van der Waals surface area contributed by atoms with Gasteiger partial charge in [0, 0.05) is 0 Å². The molecule has 0 aromatic heterocycles. The lowest BCUT2D eigenvalue weighted by Gasteiger charge is -2.30. The van der Waals surface area contributed by atoms with Gasteiger partial charge in [-0.1, -0.05) is 89.6 Å². The summed E-state index contributed by atoms with van der Waals surface area (Å²) in [5, 5.41) is 2.77. The highest BCUT2D eigenvalue weighted by molar-refractivity contribution is 6.51. The third-order valence-electron chi connectivity index (χ3n) is 4.48. The zero-order chi connectivity index (χ0) is 15.9. The van der Waals surface area contributed by atoms with Gasteiger partial charge in [-0.25, -0.2) is 0 Å². The standard InChI is InChI=1S/C6H14NO.2C6H13.Al/c1-4-7(5-2)6(3)8;2*1-3-5-6-4-2;/h6H,4-5H2,1-3H3;2*1,3-6H2,2H3;/q-1;;;+1. The fourth-order valence-corrected chi connectivity index (χ4v) is 5.76. The molecule has 0 heterocycles. The zero-order valence-electron chi connectivity index (χ0n) is 15.5. The highest BCUT2D eigenvalue weighted by Crippen LogP contribution is 2.17. The molecule has 1 unspecified atom stereocenters. The Morgan fingerprint density at radius 2 is 1.24 bits per heavy atom.